The fourth-order valence-electron chi connectivity index (χ4n) is 2.05. The Hall–Kier alpha value is -0.540. The number of halogens is 3. The fraction of sp³-hybridized carbons (Fsp3) is 0.200. The number of hydrogen-bond acceptors (Lipinski definition) is 1. The summed E-state index contributed by atoms with van der Waals surface area (Å²) in [4.78, 5) is 0. The van der Waals surface area contributed by atoms with Gasteiger partial charge in [-0.2, -0.15) is 0 Å². The molecule has 1 atom stereocenters. The van der Waals surface area contributed by atoms with Crippen LogP contribution in [-0.4, -0.2) is 7.05 Å². The van der Waals surface area contributed by atoms with Gasteiger partial charge in [0.25, 0.3) is 0 Å². The van der Waals surface area contributed by atoms with Gasteiger partial charge in [0.15, 0.2) is 0 Å². The van der Waals surface area contributed by atoms with Crippen LogP contribution in [0, 0.1) is 0 Å². The molecule has 0 fully saturated rings. The lowest BCUT2D eigenvalue weighted by atomic mass is 9.99. The van der Waals surface area contributed by atoms with Crippen molar-refractivity contribution in [2.45, 2.75) is 12.5 Å². The van der Waals surface area contributed by atoms with Crippen molar-refractivity contribution in [2.75, 3.05) is 7.05 Å². The van der Waals surface area contributed by atoms with Gasteiger partial charge in [0, 0.05) is 20.6 Å². The number of nitrogens with one attached hydrogen (secondary N) is 1. The van der Waals surface area contributed by atoms with E-state index in [4.69, 9.17) is 23.2 Å². The molecule has 0 radical (unpaired) electrons. The van der Waals surface area contributed by atoms with Crippen LogP contribution in [0.4, 0.5) is 0 Å². The average Bonchev–Trinajstić information content (AvgIpc) is 2.37. The van der Waals surface area contributed by atoms with E-state index in [1.54, 1.807) is 0 Å². The predicted octanol–water partition coefficient (Wildman–Crippen LogP) is 5.26. The normalized spacial score (nSPS) is 12.4. The van der Waals surface area contributed by atoms with Crippen molar-refractivity contribution in [3.8, 4) is 0 Å². The maximum atomic E-state index is 6.30. The van der Waals surface area contributed by atoms with E-state index in [9.17, 15) is 0 Å². The molecule has 1 N–H and O–H groups in total. The molecule has 0 aliphatic heterocycles. The first-order valence-electron chi connectivity index (χ1n) is 5.97. The summed E-state index contributed by atoms with van der Waals surface area (Å²) in [6.45, 7) is 0. The molecule has 0 bridgehead atoms. The van der Waals surface area contributed by atoms with Crippen LogP contribution in [-0.2, 0) is 6.42 Å². The van der Waals surface area contributed by atoms with Gasteiger partial charge in [-0.1, -0.05) is 57.3 Å². The molecule has 4 heteroatoms. The molecule has 0 heterocycles. The van der Waals surface area contributed by atoms with E-state index >= 15 is 0 Å². The van der Waals surface area contributed by atoms with Crippen molar-refractivity contribution >= 4 is 39.1 Å². The largest absolute Gasteiger partial charge is 0.313 e. The lowest BCUT2D eigenvalue weighted by Crippen LogP contribution is -2.19. The Balaban J connectivity index is 2.25. The highest BCUT2D eigenvalue weighted by molar-refractivity contribution is 9.10. The SMILES string of the molecule is CNC(Cc1cccc(Cl)c1)c1ccc(Br)cc1Cl. The van der Waals surface area contributed by atoms with Gasteiger partial charge < -0.3 is 5.32 Å². The van der Waals surface area contributed by atoms with Crippen LogP contribution in [0.3, 0.4) is 0 Å². The minimum atomic E-state index is 0.166. The number of likely N-dealkylation sites (N-methyl/N-ethyl adjacent to an activating group) is 1. The Morgan fingerprint density at radius 2 is 1.95 bits per heavy atom. The quantitative estimate of drug-likeness (QED) is 0.786. The Bertz CT molecular complexity index is 572. The number of rotatable bonds is 4. The molecule has 2 rings (SSSR count). The molecule has 1 unspecified atom stereocenters. The standard InChI is InChI=1S/C15H14BrCl2N/c1-19-15(8-10-3-2-4-12(17)7-10)13-6-5-11(16)9-14(13)18/h2-7,9,15,19H,8H2,1H3. The third-order valence-electron chi connectivity index (χ3n) is 3.02. The Labute approximate surface area is 132 Å². The van der Waals surface area contributed by atoms with E-state index in [0.717, 1.165) is 26.5 Å². The van der Waals surface area contributed by atoms with E-state index in [0.29, 0.717) is 0 Å². The van der Waals surface area contributed by atoms with Crippen LogP contribution in [0.2, 0.25) is 10.0 Å². The summed E-state index contributed by atoms with van der Waals surface area (Å²) in [5, 5.41) is 4.82. The molecular formula is C15H14BrCl2N. The fourth-order valence-corrected chi connectivity index (χ4v) is 3.07. The first kappa shape index (κ1) is 14.9. The molecule has 0 aliphatic carbocycles. The van der Waals surface area contributed by atoms with Gasteiger partial charge in [0.1, 0.15) is 0 Å². The average molecular weight is 359 g/mol. The monoisotopic (exact) mass is 357 g/mol. The van der Waals surface area contributed by atoms with E-state index in [-0.39, 0.29) is 6.04 Å². The van der Waals surface area contributed by atoms with Gasteiger partial charge in [0.05, 0.1) is 0 Å². The maximum Gasteiger partial charge on any atom is 0.0465 e. The first-order chi connectivity index (χ1) is 9.10. The second-order valence-corrected chi connectivity index (χ2v) is 6.10. The van der Waals surface area contributed by atoms with Gasteiger partial charge in [-0.3, -0.25) is 0 Å². The molecule has 0 amide bonds. The van der Waals surface area contributed by atoms with E-state index in [1.165, 1.54) is 5.56 Å². The second-order valence-electron chi connectivity index (χ2n) is 4.34. The summed E-state index contributed by atoms with van der Waals surface area (Å²) < 4.78 is 0.985. The van der Waals surface area contributed by atoms with E-state index in [2.05, 4.69) is 27.3 Å². The third kappa shape index (κ3) is 3.96. The molecule has 0 spiro atoms. The number of benzene rings is 2. The van der Waals surface area contributed by atoms with Crippen LogP contribution in [0.1, 0.15) is 17.2 Å². The molecule has 0 saturated carbocycles. The predicted molar refractivity (Wildman–Crippen MR) is 86.1 cm³/mol. The topological polar surface area (TPSA) is 12.0 Å². The van der Waals surface area contributed by atoms with Crippen LogP contribution in [0.5, 0.6) is 0 Å². The van der Waals surface area contributed by atoms with Crippen molar-refractivity contribution in [1.82, 2.24) is 5.32 Å². The summed E-state index contributed by atoms with van der Waals surface area (Å²) in [6.07, 6.45) is 0.846. The van der Waals surface area contributed by atoms with Gasteiger partial charge >= 0.3 is 0 Å². The summed E-state index contributed by atoms with van der Waals surface area (Å²) in [5.74, 6) is 0. The molecule has 0 aromatic heterocycles. The zero-order chi connectivity index (χ0) is 13.8. The summed E-state index contributed by atoms with van der Waals surface area (Å²) in [7, 11) is 1.94. The van der Waals surface area contributed by atoms with Gasteiger partial charge in [-0.05, 0) is 48.9 Å². The molecule has 0 saturated heterocycles. The Kier molecular flexibility index (Phi) is 5.28. The zero-order valence-corrected chi connectivity index (χ0v) is 13.6. The highest BCUT2D eigenvalue weighted by atomic mass is 79.9. The van der Waals surface area contributed by atoms with Crippen LogP contribution in [0.25, 0.3) is 0 Å². The van der Waals surface area contributed by atoms with E-state index in [1.807, 2.05) is 43.4 Å². The molecule has 19 heavy (non-hydrogen) atoms. The Morgan fingerprint density at radius 3 is 2.58 bits per heavy atom. The Morgan fingerprint density at radius 1 is 1.16 bits per heavy atom. The number of hydrogen-bond donors (Lipinski definition) is 1. The third-order valence-corrected chi connectivity index (χ3v) is 4.07. The second kappa shape index (κ2) is 6.76. The van der Waals surface area contributed by atoms with Gasteiger partial charge in [-0.25, -0.2) is 0 Å². The van der Waals surface area contributed by atoms with Gasteiger partial charge in [0.2, 0.25) is 0 Å². The minimum absolute atomic E-state index is 0.166. The molecule has 2 aromatic rings. The van der Waals surface area contributed by atoms with Crippen molar-refractivity contribution in [3.63, 3.8) is 0 Å². The minimum Gasteiger partial charge on any atom is -0.313 e. The zero-order valence-electron chi connectivity index (χ0n) is 10.5. The van der Waals surface area contributed by atoms with Crippen molar-refractivity contribution in [3.05, 3.63) is 68.1 Å². The summed E-state index contributed by atoms with van der Waals surface area (Å²) in [5.41, 5.74) is 2.28. The lowest BCUT2D eigenvalue weighted by Gasteiger charge is -2.18. The van der Waals surface area contributed by atoms with Crippen LogP contribution >= 0.6 is 39.1 Å². The highest BCUT2D eigenvalue weighted by Crippen LogP contribution is 2.28. The van der Waals surface area contributed by atoms with Crippen molar-refractivity contribution in [2.24, 2.45) is 0 Å². The van der Waals surface area contributed by atoms with Gasteiger partial charge in [-0.15, -0.1) is 0 Å². The lowest BCUT2D eigenvalue weighted by molar-refractivity contribution is 0.592. The van der Waals surface area contributed by atoms with Crippen LogP contribution in [0.15, 0.2) is 46.9 Å². The highest BCUT2D eigenvalue weighted by Gasteiger charge is 2.14. The molecule has 100 valence electrons. The van der Waals surface area contributed by atoms with Crippen molar-refractivity contribution in [1.29, 1.82) is 0 Å². The van der Waals surface area contributed by atoms with E-state index < -0.39 is 0 Å². The molecule has 1 nitrogen and oxygen atoms in total. The van der Waals surface area contributed by atoms with Crippen LogP contribution < -0.4 is 5.32 Å². The molecule has 2 aromatic carbocycles. The van der Waals surface area contributed by atoms with Crippen molar-refractivity contribution < 1.29 is 0 Å². The first-order valence-corrected chi connectivity index (χ1v) is 7.51. The smallest absolute Gasteiger partial charge is 0.0465 e. The maximum absolute atomic E-state index is 6.30. The molecular weight excluding hydrogens is 345 g/mol. The summed E-state index contributed by atoms with van der Waals surface area (Å²) in [6, 6.07) is 14.0. The summed E-state index contributed by atoms with van der Waals surface area (Å²) >= 11 is 15.7. The molecule has 0 aliphatic rings.